The van der Waals surface area contributed by atoms with Crippen LogP contribution in [0.3, 0.4) is 0 Å². The first kappa shape index (κ1) is 18.6. The zero-order valence-corrected chi connectivity index (χ0v) is 14.3. The quantitative estimate of drug-likeness (QED) is 0.829. The van der Waals surface area contributed by atoms with Gasteiger partial charge in [0.1, 0.15) is 5.54 Å². The normalized spacial score (nSPS) is 23.0. The molecule has 0 unspecified atom stereocenters. The summed E-state index contributed by atoms with van der Waals surface area (Å²) in [5.74, 6) is 0. The average molecular weight is 349 g/mol. The van der Waals surface area contributed by atoms with Crippen molar-refractivity contribution in [2.45, 2.75) is 50.2 Å². The summed E-state index contributed by atoms with van der Waals surface area (Å²) in [5.41, 5.74) is -0.880. The van der Waals surface area contributed by atoms with Crippen LogP contribution >= 0.6 is 11.6 Å². The van der Waals surface area contributed by atoms with E-state index in [9.17, 15) is 13.2 Å². The molecule has 0 spiro atoms. The van der Waals surface area contributed by atoms with Crippen molar-refractivity contribution in [1.29, 1.82) is 0 Å². The Morgan fingerprint density at radius 1 is 1.22 bits per heavy atom. The van der Waals surface area contributed by atoms with Crippen molar-refractivity contribution < 1.29 is 13.2 Å². The summed E-state index contributed by atoms with van der Waals surface area (Å²) in [4.78, 5) is 0. The number of piperidine rings is 1. The fourth-order valence-corrected chi connectivity index (χ4v) is 3.22. The van der Waals surface area contributed by atoms with Crippen LogP contribution in [0.5, 0.6) is 0 Å². The number of rotatable bonds is 5. The molecule has 6 heteroatoms. The summed E-state index contributed by atoms with van der Waals surface area (Å²) in [5, 5.41) is 6.73. The molecule has 1 aromatic rings. The predicted molar refractivity (Wildman–Crippen MR) is 88.0 cm³/mol. The second kappa shape index (κ2) is 6.99. The lowest BCUT2D eigenvalue weighted by Crippen LogP contribution is -2.54. The van der Waals surface area contributed by atoms with Crippen LogP contribution in [0.25, 0.3) is 0 Å². The summed E-state index contributed by atoms with van der Waals surface area (Å²) in [6, 6.07) is 7.68. The number of alkyl halides is 3. The lowest BCUT2D eigenvalue weighted by atomic mass is 9.72. The van der Waals surface area contributed by atoms with E-state index in [1.807, 2.05) is 24.3 Å². The molecule has 130 valence electrons. The van der Waals surface area contributed by atoms with Crippen molar-refractivity contribution in [3.8, 4) is 0 Å². The Kier molecular flexibility index (Phi) is 5.64. The first-order valence-electron chi connectivity index (χ1n) is 7.95. The summed E-state index contributed by atoms with van der Waals surface area (Å²) < 4.78 is 38.9. The van der Waals surface area contributed by atoms with Gasteiger partial charge in [-0.25, -0.2) is 0 Å². The molecular weight excluding hydrogens is 325 g/mol. The van der Waals surface area contributed by atoms with Gasteiger partial charge in [-0.2, -0.15) is 13.2 Å². The van der Waals surface area contributed by atoms with Gasteiger partial charge in [-0.1, -0.05) is 23.7 Å². The van der Waals surface area contributed by atoms with Crippen molar-refractivity contribution >= 4 is 11.6 Å². The molecule has 0 bridgehead atoms. The summed E-state index contributed by atoms with van der Waals surface area (Å²) in [7, 11) is 0. The molecule has 0 aromatic heterocycles. The van der Waals surface area contributed by atoms with Crippen LogP contribution in [-0.2, 0) is 5.41 Å². The molecule has 1 fully saturated rings. The summed E-state index contributed by atoms with van der Waals surface area (Å²) in [6.07, 6.45) is -1.62. The highest BCUT2D eigenvalue weighted by Gasteiger charge is 2.47. The lowest BCUT2D eigenvalue weighted by Gasteiger charge is -2.40. The van der Waals surface area contributed by atoms with Crippen molar-refractivity contribution in [1.82, 2.24) is 10.6 Å². The topological polar surface area (TPSA) is 24.1 Å². The number of hydrogen-bond acceptors (Lipinski definition) is 2. The third-order valence-corrected chi connectivity index (χ3v) is 5.06. The van der Waals surface area contributed by atoms with Crippen LogP contribution in [0.15, 0.2) is 24.3 Å². The molecule has 1 aromatic carbocycles. The van der Waals surface area contributed by atoms with Crippen molar-refractivity contribution in [3.63, 3.8) is 0 Å². The maximum atomic E-state index is 13.0. The van der Waals surface area contributed by atoms with Crippen molar-refractivity contribution in [2.75, 3.05) is 19.6 Å². The van der Waals surface area contributed by atoms with Crippen LogP contribution in [0.1, 0.15) is 38.7 Å². The molecule has 0 radical (unpaired) electrons. The third kappa shape index (κ3) is 4.40. The Balaban J connectivity index is 2.09. The molecule has 2 N–H and O–H groups in total. The van der Waals surface area contributed by atoms with Crippen LogP contribution in [0.4, 0.5) is 13.2 Å². The Morgan fingerprint density at radius 3 is 2.39 bits per heavy atom. The molecule has 1 aliphatic rings. The predicted octanol–water partition coefficient (Wildman–Crippen LogP) is 4.28. The minimum atomic E-state index is -4.26. The van der Waals surface area contributed by atoms with Gasteiger partial charge in [-0.15, -0.1) is 0 Å². The van der Waals surface area contributed by atoms with Gasteiger partial charge < -0.3 is 10.6 Å². The number of benzene rings is 1. The second-order valence-electron chi connectivity index (χ2n) is 6.87. The SMILES string of the molecule is CC(C)(NCC[C@]1(c2ccc(Cl)cc2)CCCNC1)C(F)(F)F. The highest BCUT2D eigenvalue weighted by atomic mass is 35.5. The Bertz CT molecular complexity index is 506. The van der Waals surface area contributed by atoms with Gasteiger partial charge in [0.15, 0.2) is 0 Å². The van der Waals surface area contributed by atoms with Gasteiger partial charge in [0, 0.05) is 17.0 Å². The van der Waals surface area contributed by atoms with E-state index in [4.69, 9.17) is 11.6 Å². The monoisotopic (exact) mass is 348 g/mol. The van der Waals surface area contributed by atoms with E-state index < -0.39 is 11.7 Å². The maximum absolute atomic E-state index is 13.0. The van der Waals surface area contributed by atoms with E-state index in [2.05, 4.69) is 10.6 Å². The summed E-state index contributed by atoms with van der Waals surface area (Å²) >= 11 is 5.96. The highest BCUT2D eigenvalue weighted by molar-refractivity contribution is 6.30. The zero-order chi connectivity index (χ0) is 17.1. The number of hydrogen-bond donors (Lipinski definition) is 2. The van der Waals surface area contributed by atoms with Gasteiger partial charge in [0.25, 0.3) is 0 Å². The van der Waals surface area contributed by atoms with Crippen LogP contribution in [-0.4, -0.2) is 31.3 Å². The van der Waals surface area contributed by atoms with Gasteiger partial charge in [0.05, 0.1) is 0 Å². The third-order valence-electron chi connectivity index (χ3n) is 4.81. The molecule has 2 nitrogen and oxygen atoms in total. The van der Waals surface area contributed by atoms with Crippen LogP contribution in [0.2, 0.25) is 5.02 Å². The van der Waals surface area contributed by atoms with E-state index in [0.29, 0.717) is 18.0 Å². The Hall–Kier alpha value is -0.780. The van der Waals surface area contributed by atoms with Gasteiger partial charge >= 0.3 is 6.18 Å². The minimum absolute atomic E-state index is 0.141. The van der Waals surface area contributed by atoms with E-state index >= 15 is 0 Å². The van der Waals surface area contributed by atoms with E-state index in [0.717, 1.165) is 31.5 Å². The molecule has 1 aliphatic heterocycles. The molecule has 2 rings (SSSR count). The molecular formula is C17H24ClF3N2. The average Bonchev–Trinajstić information content (AvgIpc) is 2.47. The molecule has 0 aliphatic carbocycles. The fourth-order valence-electron chi connectivity index (χ4n) is 3.09. The summed E-state index contributed by atoms with van der Waals surface area (Å²) in [6.45, 7) is 4.42. The Morgan fingerprint density at radius 2 is 1.87 bits per heavy atom. The first-order chi connectivity index (χ1) is 10.7. The van der Waals surface area contributed by atoms with Gasteiger partial charge in [0.2, 0.25) is 0 Å². The van der Waals surface area contributed by atoms with Gasteiger partial charge in [-0.3, -0.25) is 0 Å². The molecule has 1 heterocycles. The number of halogens is 4. The van der Waals surface area contributed by atoms with Gasteiger partial charge in [-0.05, 0) is 63.9 Å². The molecule has 1 saturated heterocycles. The van der Waals surface area contributed by atoms with Crippen molar-refractivity contribution in [2.24, 2.45) is 0 Å². The molecule has 0 saturated carbocycles. The number of nitrogens with one attached hydrogen (secondary N) is 2. The molecule has 0 amide bonds. The Labute approximate surface area is 140 Å². The zero-order valence-electron chi connectivity index (χ0n) is 13.6. The molecule has 1 atom stereocenters. The minimum Gasteiger partial charge on any atom is -0.316 e. The maximum Gasteiger partial charge on any atom is 0.406 e. The first-order valence-corrected chi connectivity index (χ1v) is 8.33. The van der Waals surface area contributed by atoms with Crippen molar-refractivity contribution in [3.05, 3.63) is 34.9 Å². The standard InChI is InChI=1S/C17H24ClF3N2/c1-15(2,17(19,20)21)23-11-9-16(8-3-10-22-12-16)13-4-6-14(18)7-5-13/h4-7,22-23H,3,8-12H2,1-2H3/t16-/m1/s1. The van der Waals surface area contributed by atoms with E-state index in [-0.39, 0.29) is 5.41 Å². The highest BCUT2D eigenvalue weighted by Crippen LogP contribution is 2.36. The van der Waals surface area contributed by atoms with Crippen LogP contribution in [0, 0.1) is 0 Å². The molecule has 23 heavy (non-hydrogen) atoms. The van der Waals surface area contributed by atoms with Crippen LogP contribution < -0.4 is 10.6 Å². The smallest absolute Gasteiger partial charge is 0.316 e. The second-order valence-corrected chi connectivity index (χ2v) is 7.30. The fraction of sp³-hybridized carbons (Fsp3) is 0.647. The largest absolute Gasteiger partial charge is 0.406 e. The lowest BCUT2D eigenvalue weighted by molar-refractivity contribution is -0.186. The van der Waals surface area contributed by atoms with E-state index in [1.54, 1.807) is 0 Å². The van der Waals surface area contributed by atoms with E-state index in [1.165, 1.54) is 13.8 Å².